The highest BCUT2D eigenvalue weighted by Gasteiger charge is 2.04. The zero-order valence-corrected chi connectivity index (χ0v) is 8.99. The number of nitrogens with zero attached hydrogens (tertiary/aromatic N) is 2. The van der Waals surface area contributed by atoms with Gasteiger partial charge in [0.05, 0.1) is 6.61 Å². The molecule has 0 saturated carbocycles. The van der Waals surface area contributed by atoms with Crippen molar-refractivity contribution in [3.8, 4) is 6.07 Å². The normalized spacial score (nSPS) is 9.93. The first-order chi connectivity index (χ1) is 7.20. The average molecular weight is 206 g/mol. The van der Waals surface area contributed by atoms with E-state index in [9.17, 15) is 4.79 Å². The molecule has 0 fully saturated rings. The zero-order valence-electron chi connectivity index (χ0n) is 8.99. The first-order valence-corrected chi connectivity index (χ1v) is 4.89. The summed E-state index contributed by atoms with van der Waals surface area (Å²) >= 11 is 0. The van der Waals surface area contributed by atoms with Crippen molar-refractivity contribution in [1.29, 1.82) is 5.26 Å². The van der Waals surface area contributed by atoms with E-state index in [1.807, 2.05) is 19.9 Å². The van der Waals surface area contributed by atoms with Gasteiger partial charge in [0.25, 0.3) is 5.56 Å². The number of aromatic nitrogens is 1. The lowest BCUT2D eigenvalue weighted by Crippen LogP contribution is -2.26. The molecule has 0 saturated heterocycles. The van der Waals surface area contributed by atoms with Crippen molar-refractivity contribution in [3.63, 3.8) is 0 Å². The Morgan fingerprint density at radius 3 is 2.87 bits per heavy atom. The molecule has 0 spiro atoms. The van der Waals surface area contributed by atoms with Crippen LogP contribution in [0.2, 0.25) is 0 Å². The second-order valence-electron chi connectivity index (χ2n) is 3.15. The van der Waals surface area contributed by atoms with Gasteiger partial charge in [0.2, 0.25) is 0 Å². The predicted octanol–water partition coefficient (Wildman–Crippen LogP) is 1.06. The van der Waals surface area contributed by atoms with Crippen molar-refractivity contribution < 1.29 is 4.74 Å². The van der Waals surface area contributed by atoms with Crippen LogP contribution >= 0.6 is 0 Å². The fourth-order valence-corrected chi connectivity index (χ4v) is 1.33. The first kappa shape index (κ1) is 11.5. The predicted molar refractivity (Wildman–Crippen MR) is 56.6 cm³/mol. The molecule has 1 aromatic heterocycles. The second kappa shape index (κ2) is 5.32. The molecule has 1 heterocycles. The Kier molecular flexibility index (Phi) is 4.07. The van der Waals surface area contributed by atoms with Gasteiger partial charge in [-0.05, 0) is 26.0 Å². The maximum atomic E-state index is 11.7. The fraction of sp³-hybridized carbons (Fsp3) is 0.455. The molecule has 15 heavy (non-hydrogen) atoms. The van der Waals surface area contributed by atoms with Crippen molar-refractivity contribution in [2.24, 2.45) is 0 Å². The van der Waals surface area contributed by atoms with E-state index in [1.165, 1.54) is 0 Å². The number of hydrogen-bond acceptors (Lipinski definition) is 3. The molecular weight excluding hydrogens is 192 g/mol. The van der Waals surface area contributed by atoms with Gasteiger partial charge < -0.3 is 9.30 Å². The van der Waals surface area contributed by atoms with Crippen LogP contribution in [0.4, 0.5) is 0 Å². The number of ether oxygens (including phenoxy) is 1. The van der Waals surface area contributed by atoms with E-state index in [2.05, 4.69) is 0 Å². The molecule has 0 aromatic carbocycles. The Hall–Kier alpha value is -1.60. The van der Waals surface area contributed by atoms with Gasteiger partial charge in [-0.3, -0.25) is 4.79 Å². The minimum atomic E-state index is -0.239. The molecule has 4 nitrogen and oxygen atoms in total. The van der Waals surface area contributed by atoms with E-state index in [-0.39, 0.29) is 11.1 Å². The van der Waals surface area contributed by atoms with E-state index in [0.29, 0.717) is 19.8 Å². The first-order valence-electron chi connectivity index (χ1n) is 4.89. The highest BCUT2D eigenvalue weighted by molar-refractivity contribution is 5.27. The Bertz CT molecular complexity index is 429. The van der Waals surface area contributed by atoms with Crippen molar-refractivity contribution in [2.75, 3.05) is 13.2 Å². The Morgan fingerprint density at radius 2 is 2.27 bits per heavy atom. The number of pyridine rings is 1. The number of rotatable bonds is 4. The Labute approximate surface area is 88.7 Å². The lowest BCUT2D eigenvalue weighted by atomic mass is 10.2. The largest absolute Gasteiger partial charge is 0.380 e. The molecule has 0 aliphatic heterocycles. The molecule has 0 aliphatic rings. The SMILES string of the molecule is CCOCCn1c(C)ccc(C#N)c1=O. The van der Waals surface area contributed by atoms with Crippen LogP contribution in [-0.2, 0) is 11.3 Å². The third kappa shape index (κ3) is 2.67. The van der Waals surface area contributed by atoms with Gasteiger partial charge in [-0.1, -0.05) is 0 Å². The van der Waals surface area contributed by atoms with Gasteiger partial charge in [-0.15, -0.1) is 0 Å². The monoisotopic (exact) mass is 206 g/mol. The van der Waals surface area contributed by atoms with Crippen LogP contribution < -0.4 is 5.56 Å². The van der Waals surface area contributed by atoms with Gasteiger partial charge in [-0.25, -0.2) is 0 Å². The molecule has 4 heteroatoms. The standard InChI is InChI=1S/C11H14N2O2/c1-3-15-7-6-13-9(2)4-5-10(8-12)11(13)14/h4-5H,3,6-7H2,1-2H3. The van der Waals surface area contributed by atoms with Crippen molar-refractivity contribution in [1.82, 2.24) is 4.57 Å². The van der Waals surface area contributed by atoms with E-state index in [1.54, 1.807) is 16.7 Å². The molecule has 0 N–H and O–H groups in total. The molecule has 0 atom stereocenters. The summed E-state index contributed by atoms with van der Waals surface area (Å²) in [6.45, 7) is 5.36. The molecule has 0 aliphatic carbocycles. The minimum absolute atomic E-state index is 0.178. The van der Waals surface area contributed by atoms with Crippen LogP contribution in [0.1, 0.15) is 18.2 Å². The van der Waals surface area contributed by atoms with Gasteiger partial charge in [-0.2, -0.15) is 5.26 Å². The van der Waals surface area contributed by atoms with Gasteiger partial charge >= 0.3 is 0 Å². The van der Waals surface area contributed by atoms with Crippen LogP contribution in [-0.4, -0.2) is 17.8 Å². The van der Waals surface area contributed by atoms with E-state index in [0.717, 1.165) is 5.69 Å². The summed E-state index contributed by atoms with van der Waals surface area (Å²) < 4.78 is 6.74. The zero-order chi connectivity index (χ0) is 11.3. The minimum Gasteiger partial charge on any atom is -0.380 e. The number of aryl methyl sites for hydroxylation is 1. The number of nitriles is 1. The molecular formula is C11H14N2O2. The molecule has 0 bridgehead atoms. The van der Waals surface area contributed by atoms with Gasteiger partial charge in [0, 0.05) is 18.8 Å². The summed E-state index contributed by atoms with van der Waals surface area (Å²) in [5.41, 5.74) is 0.785. The van der Waals surface area contributed by atoms with E-state index < -0.39 is 0 Å². The van der Waals surface area contributed by atoms with Gasteiger partial charge in [0.1, 0.15) is 11.6 Å². The second-order valence-corrected chi connectivity index (χ2v) is 3.15. The number of hydrogen-bond donors (Lipinski definition) is 0. The van der Waals surface area contributed by atoms with Crippen molar-refractivity contribution in [3.05, 3.63) is 33.7 Å². The summed E-state index contributed by atoms with van der Waals surface area (Å²) in [5, 5.41) is 8.71. The Balaban J connectivity index is 2.96. The lowest BCUT2D eigenvalue weighted by molar-refractivity contribution is 0.138. The third-order valence-corrected chi connectivity index (χ3v) is 2.18. The van der Waals surface area contributed by atoms with Crippen molar-refractivity contribution in [2.45, 2.75) is 20.4 Å². The molecule has 0 radical (unpaired) electrons. The molecule has 0 unspecified atom stereocenters. The molecule has 1 aromatic rings. The topological polar surface area (TPSA) is 55.0 Å². The fourth-order valence-electron chi connectivity index (χ4n) is 1.33. The summed E-state index contributed by atoms with van der Waals surface area (Å²) in [4.78, 5) is 11.7. The molecule has 1 rings (SSSR count). The summed E-state index contributed by atoms with van der Waals surface area (Å²) in [6.07, 6.45) is 0. The average Bonchev–Trinajstić information content (AvgIpc) is 2.23. The van der Waals surface area contributed by atoms with Crippen LogP contribution in [0.25, 0.3) is 0 Å². The van der Waals surface area contributed by atoms with Gasteiger partial charge in [0.15, 0.2) is 0 Å². The highest BCUT2D eigenvalue weighted by Crippen LogP contribution is 1.97. The van der Waals surface area contributed by atoms with E-state index >= 15 is 0 Å². The molecule has 80 valence electrons. The maximum absolute atomic E-state index is 11.7. The lowest BCUT2D eigenvalue weighted by Gasteiger charge is -2.09. The highest BCUT2D eigenvalue weighted by atomic mass is 16.5. The summed E-state index contributed by atoms with van der Waals surface area (Å²) in [6, 6.07) is 5.20. The van der Waals surface area contributed by atoms with Crippen LogP contribution in [0.5, 0.6) is 0 Å². The third-order valence-electron chi connectivity index (χ3n) is 2.18. The smallest absolute Gasteiger partial charge is 0.268 e. The quantitative estimate of drug-likeness (QED) is 0.692. The van der Waals surface area contributed by atoms with Crippen LogP contribution in [0, 0.1) is 18.3 Å². The Morgan fingerprint density at radius 1 is 1.53 bits per heavy atom. The molecule has 0 amide bonds. The summed E-state index contributed by atoms with van der Waals surface area (Å²) in [7, 11) is 0. The van der Waals surface area contributed by atoms with E-state index in [4.69, 9.17) is 10.00 Å². The van der Waals surface area contributed by atoms with Crippen LogP contribution in [0.3, 0.4) is 0 Å². The van der Waals surface area contributed by atoms with Crippen LogP contribution in [0.15, 0.2) is 16.9 Å². The maximum Gasteiger partial charge on any atom is 0.268 e. The summed E-state index contributed by atoms with van der Waals surface area (Å²) in [5.74, 6) is 0. The van der Waals surface area contributed by atoms with Crippen molar-refractivity contribution >= 4 is 0 Å².